The number of aliphatic hydroxyl groups excluding tert-OH is 1. The first-order valence-corrected chi connectivity index (χ1v) is 8.18. The van der Waals surface area contributed by atoms with Gasteiger partial charge in [0.15, 0.2) is 0 Å². The number of hydrogen-bond donors (Lipinski definition) is 1. The SMILES string of the molecule is C[C@H]1OC(C)(C)N(C(=O)OC(C)(C)C)[C@@H]1[C@H](O)c1nccs1. The van der Waals surface area contributed by atoms with Gasteiger partial charge in [-0.1, -0.05) is 0 Å². The van der Waals surface area contributed by atoms with Crippen molar-refractivity contribution in [2.45, 2.75) is 71.1 Å². The number of aliphatic hydroxyl groups is 1. The minimum atomic E-state index is -0.913. The van der Waals surface area contributed by atoms with Crippen molar-refractivity contribution >= 4 is 17.4 Å². The molecule has 0 spiro atoms. The average molecular weight is 328 g/mol. The van der Waals surface area contributed by atoms with Crippen LogP contribution in [0.25, 0.3) is 0 Å². The Morgan fingerprint density at radius 1 is 1.55 bits per heavy atom. The van der Waals surface area contributed by atoms with Crippen LogP contribution in [0.3, 0.4) is 0 Å². The minimum absolute atomic E-state index is 0.332. The zero-order chi connectivity index (χ0) is 16.7. The second-order valence-corrected chi connectivity index (χ2v) is 7.85. The van der Waals surface area contributed by atoms with Crippen LogP contribution >= 0.6 is 11.3 Å². The number of ether oxygens (including phenoxy) is 2. The molecule has 1 fully saturated rings. The molecule has 0 bridgehead atoms. The Hall–Kier alpha value is -1.18. The highest BCUT2D eigenvalue weighted by atomic mass is 32.1. The van der Waals surface area contributed by atoms with E-state index in [1.54, 1.807) is 25.4 Å². The Kier molecular flexibility index (Phi) is 4.52. The average Bonchev–Trinajstić information content (AvgIpc) is 2.91. The predicted octanol–water partition coefficient (Wildman–Crippen LogP) is 2.94. The molecule has 1 aliphatic heterocycles. The summed E-state index contributed by atoms with van der Waals surface area (Å²) in [6.07, 6.45) is -0.111. The van der Waals surface area contributed by atoms with Gasteiger partial charge in [-0.25, -0.2) is 9.78 Å². The summed E-state index contributed by atoms with van der Waals surface area (Å²) in [5, 5.41) is 13.0. The molecule has 1 aromatic heterocycles. The van der Waals surface area contributed by atoms with Crippen molar-refractivity contribution in [2.24, 2.45) is 0 Å². The summed E-state index contributed by atoms with van der Waals surface area (Å²) < 4.78 is 11.4. The maximum atomic E-state index is 12.6. The molecule has 7 heteroatoms. The van der Waals surface area contributed by atoms with Crippen molar-refractivity contribution in [1.82, 2.24) is 9.88 Å². The second kappa shape index (κ2) is 5.79. The van der Waals surface area contributed by atoms with Gasteiger partial charge in [0.25, 0.3) is 0 Å². The molecule has 0 saturated carbocycles. The van der Waals surface area contributed by atoms with Crippen molar-refractivity contribution in [3.8, 4) is 0 Å². The topological polar surface area (TPSA) is 71.9 Å². The van der Waals surface area contributed by atoms with E-state index < -0.39 is 29.6 Å². The number of hydrogen-bond acceptors (Lipinski definition) is 6. The third-order valence-electron chi connectivity index (χ3n) is 3.45. The summed E-state index contributed by atoms with van der Waals surface area (Å²) in [6.45, 7) is 10.9. The van der Waals surface area contributed by atoms with E-state index >= 15 is 0 Å². The van der Waals surface area contributed by atoms with E-state index in [0.717, 1.165) is 0 Å². The largest absolute Gasteiger partial charge is 0.444 e. The fourth-order valence-corrected chi connectivity index (χ4v) is 3.39. The monoisotopic (exact) mass is 328 g/mol. The predicted molar refractivity (Wildman–Crippen MR) is 83.6 cm³/mol. The van der Waals surface area contributed by atoms with Crippen LogP contribution < -0.4 is 0 Å². The first kappa shape index (κ1) is 17.2. The highest BCUT2D eigenvalue weighted by Crippen LogP contribution is 2.39. The van der Waals surface area contributed by atoms with E-state index in [1.165, 1.54) is 16.2 Å². The molecule has 124 valence electrons. The molecule has 3 atom stereocenters. The maximum Gasteiger partial charge on any atom is 0.413 e. The van der Waals surface area contributed by atoms with Gasteiger partial charge in [0, 0.05) is 11.6 Å². The van der Waals surface area contributed by atoms with Crippen LogP contribution in [0.2, 0.25) is 0 Å². The van der Waals surface area contributed by atoms with E-state index in [2.05, 4.69) is 4.98 Å². The third-order valence-corrected chi connectivity index (χ3v) is 4.30. The van der Waals surface area contributed by atoms with Crippen LogP contribution in [0.4, 0.5) is 4.79 Å². The highest BCUT2D eigenvalue weighted by molar-refractivity contribution is 7.09. The Morgan fingerprint density at radius 2 is 2.18 bits per heavy atom. The van der Waals surface area contributed by atoms with Gasteiger partial charge in [-0.3, -0.25) is 4.90 Å². The van der Waals surface area contributed by atoms with Crippen molar-refractivity contribution in [1.29, 1.82) is 0 Å². The molecule has 1 saturated heterocycles. The molecule has 2 rings (SSSR count). The molecule has 1 amide bonds. The normalized spacial score (nSPS) is 26.0. The van der Waals surface area contributed by atoms with Gasteiger partial charge in [0.2, 0.25) is 0 Å². The van der Waals surface area contributed by atoms with Gasteiger partial charge in [-0.05, 0) is 41.5 Å². The van der Waals surface area contributed by atoms with E-state index in [-0.39, 0.29) is 6.10 Å². The summed E-state index contributed by atoms with van der Waals surface area (Å²) in [7, 11) is 0. The van der Waals surface area contributed by atoms with Crippen molar-refractivity contribution in [2.75, 3.05) is 0 Å². The molecule has 2 heterocycles. The summed E-state index contributed by atoms with van der Waals surface area (Å²) in [5.41, 5.74) is -1.47. The van der Waals surface area contributed by atoms with Gasteiger partial charge in [0.05, 0.1) is 12.1 Å². The maximum absolute atomic E-state index is 12.6. The molecule has 6 nitrogen and oxygen atoms in total. The molecule has 22 heavy (non-hydrogen) atoms. The molecule has 1 aromatic rings. The molecule has 1 N–H and O–H groups in total. The number of rotatable bonds is 2. The van der Waals surface area contributed by atoms with Crippen LogP contribution in [0.5, 0.6) is 0 Å². The van der Waals surface area contributed by atoms with Crippen LogP contribution in [0.15, 0.2) is 11.6 Å². The Bertz CT molecular complexity index is 524. The minimum Gasteiger partial charge on any atom is -0.444 e. The number of amides is 1. The van der Waals surface area contributed by atoms with Crippen LogP contribution in [-0.4, -0.2) is 44.6 Å². The summed E-state index contributed by atoms with van der Waals surface area (Å²) in [5.74, 6) is 0. The molecular weight excluding hydrogens is 304 g/mol. The summed E-state index contributed by atoms with van der Waals surface area (Å²) in [4.78, 5) is 18.2. The zero-order valence-electron chi connectivity index (χ0n) is 13.9. The lowest BCUT2D eigenvalue weighted by Gasteiger charge is -2.36. The van der Waals surface area contributed by atoms with Gasteiger partial charge in [-0.15, -0.1) is 11.3 Å². The summed E-state index contributed by atoms with van der Waals surface area (Å²) >= 11 is 1.35. The molecule has 0 radical (unpaired) electrons. The number of aromatic nitrogens is 1. The van der Waals surface area contributed by atoms with Gasteiger partial charge in [-0.2, -0.15) is 0 Å². The Balaban J connectivity index is 2.31. The van der Waals surface area contributed by atoms with E-state index in [9.17, 15) is 9.90 Å². The van der Waals surface area contributed by atoms with Crippen LogP contribution in [0.1, 0.15) is 52.7 Å². The number of thiazole rings is 1. The smallest absolute Gasteiger partial charge is 0.413 e. The first-order valence-electron chi connectivity index (χ1n) is 7.30. The quantitative estimate of drug-likeness (QED) is 0.904. The molecule has 0 unspecified atom stereocenters. The number of nitrogens with zero attached hydrogens (tertiary/aromatic N) is 2. The fraction of sp³-hybridized carbons (Fsp3) is 0.733. The van der Waals surface area contributed by atoms with Crippen LogP contribution in [-0.2, 0) is 9.47 Å². The van der Waals surface area contributed by atoms with Crippen LogP contribution in [0, 0.1) is 0 Å². The third kappa shape index (κ3) is 3.42. The zero-order valence-corrected chi connectivity index (χ0v) is 14.7. The lowest BCUT2D eigenvalue weighted by Crippen LogP contribution is -2.52. The molecule has 0 aromatic carbocycles. The standard InChI is InChI=1S/C15H24N2O4S/c1-9-10(11(18)12-16-7-8-22-12)17(15(5,6)20-9)13(19)21-14(2,3)4/h7-11,18H,1-6H3/t9-,10+,11+/m1/s1. The van der Waals surface area contributed by atoms with E-state index in [0.29, 0.717) is 5.01 Å². The Labute approximate surface area is 135 Å². The lowest BCUT2D eigenvalue weighted by atomic mass is 10.1. The number of carbonyl (C=O) groups is 1. The van der Waals surface area contributed by atoms with Gasteiger partial charge < -0.3 is 14.6 Å². The van der Waals surface area contributed by atoms with Gasteiger partial charge in [0.1, 0.15) is 22.4 Å². The van der Waals surface area contributed by atoms with Gasteiger partial charge >= 0.3 is 6.09 Å². The van der Waals surface area contributed by atoms with Crippen molar-refractivity contribution in [3.05, 3.63) is 16.6 Å². The molecule has 1 aliphatic rings. The first-order chi connectivity index (χ1) is 10.0. The second-order valence-electron chi connectivity index (χ2n) is 6.93. The molecule has 0 aliphatic carbocycles. The summed E-state index contributed by atoms with van der Waals surface area (Å²) in [6, 6.07) is -0.545. The fourth-order valence-electron chi connectivity index (χ4n) is 2.73. The molecular formula is C15H24N2O4S. The van der Waals surface area contributed by atoms with E-state index in [4.69, 9.17) is 9.47 Å². The lowest BCUT2D eigenvalue weighted by molar-refractivity contribution is -0.0775. The highest BCUT2D eigenvalue weighted by Gasteiger charge is 2.53. The Morgan fingerprint density at radius 3 is 2.68 bits per heavy atom. The van der Waals surface area contributed by atoms with Crippen molar-refractivity contribution in [3.63, 3.8) is 0 Å². The number of carbonyl (C=O) groups excluding carboxylic acids is 1. The van der Waals surface area contributed by atoms with E-state index in [1.807, 2.05) is 27.7 Å². The van der Waals surface area contributed by atoms with Crippen molar-refractivity contribution < 1.29 is 19.4 Å².